The molecule has 3 aromatic heterocycles. The van der Waals surface area contributed by atoms with Gasteiger partial charge in [-0.05, 0) is 26.8 Å². The van der Waals surface area contributed by atoms with Gasteiger partial charge in [0.05, 0.1) is 37.0 Å². The molecule has 0 aliphatic carbocycles. The van der Waals surface area contributed by atoms with E-state index in [9.17, 15) is 12.8 Å². The summed E-state index contributed by atoms with van der Waals surface area (Å²) in [6.07, 6.45) is 3.07. The molecule has 0 N–H and O–H groups in total. The van der Waals surface area contributed by atoms with Crippen LogP contribution in [0.3, 0.4) is 0 Å². The summed E-state index contributed by atoms with van der Waals surface area (Å²) < 4.78 is 52.0. The zero-order valence-electron chi connectivity index (χ0n) is 17.9. The Morgan fingerprint density at radius 3 is 2.52 bits per heavy atom. The molecule has 31 heavy (non-hydrogen) atoms. The number of fused-ring (bicyclic) bond motifs is 1. The fourth-order valence-electron chi connectivity index (χ4n) is 3.48. The third-order valence-electron chi connectivity index (χ3n) is 5.30. The fraction of sp³-hybridized carbons (Fsp3) is 0.429. The van der Waals surface area contributed by atoms with Crippen molar-refractivity contribution < 1.29 is 22.3 Å². The Hall–Kier alpha value is -2.72. The van der Waals surface area contributed by atoms with E-state index in [1.807, 2.05) is 4.90 Å². The number of halogens is 1. The molecule has 0 atom stereocenters. The molecule has 4 heterocycles. The van der Waals surface area contributed by atoms with E-state index >= 15 is 0 Å². The summed E-state index contributed by atoms with van der Waals surface area (Å²) in [5.74, 6) is 0.101. The maximum Gasteiger partial charge on any atom is 0.215 e. The second-order valence-electron chi connectivity index (χ2n) is 8.33. The number of aromatic nitrogens is 3. The van der Waals surface area contributed by atoms with Gasteiger partial charge >= 0.3 is 0 Å². The highest BCUT2D eigenvalue weighted by Gasteiger charge is 2.34. The van der Waals surface area contributed by atoms with Gasteiger partial charge in [-0.3, -0.25) is 4.40 Å². The van der Waals surface area contributed by atoms with Gasteiger partial charge in [0.2, 0.25) is 5.95 Å². The Balaban J connectivity index is 1.88. The minimum atomic E-state index is -3.70. The number of morpholine rings is 1. The predicted molar refractivity (Wildman–Crippen MR) is 115 cm³/mol. The molecule has 0 radical (unpaired) electrons. The molecule has 1 aliphatic rings. The summed E-state index contributed by atoms with van der Waals surface area (Å²) in [6.45, 7) is 7.24. The minimum Gasteiger partial charge on any atom is -0.495 e. The van der Waals surface area contributed by atoms with E-state index < -0.39 is 20.5 Å². The Kier molecular flexibility index (Phi) is 5.38. The molecule has 0 amide bonds. The number of ether oxygens (including phenoxy) is 2. The molecule has 0 spiro atoms. The second kappa shape index (κ2) is 7.76. The van der Waals surface area contributed by atoms with E-state index in [1.54, 1.807) is 43.5 Å². The lowest BCUT2D eigenvalue weighted by Crippen LogP contribution is -2.36. The van der Waals surface area contributed by atoms with Crippen molar-refractivity contribution in [1.29, 1.82) is 0 Å². The zero-order valence-corrected chi connectivity index (χ0v) is 18.7. The highest BCUT2D eigenvalue weighted by molar-refractivity contribution is 7.92. The van der Waals surface area contributed by atoms with Crippen molar-refractivity contribution >= 4 is 21.3 Å². The van der Waals surface area contributed by atoms with E-state index in [0.29, 0.717) is 49.0 Å². The summed E-state index contributed by atoms with van der Waals surface area (Å²) in [4.78, 5) is 10.4. The van der Waals surface area contributed by atoms with Gasteiger partial charge in [-0.25, -0.2) is 18.4 Å². The standard InChI is InChI=1S/C21H25FN4O4S/c1-21(2,3)31(27,28)17-13-26-15(12-23-19(26)11-16(17)29-4)14-9-18(22)24-20(10-14)25-5-7-30-8-6-25/h9-13H,5-8H2,1-4H3. The van der Waals surface area contributed by atoms with Crippen molar-refractivity contribution in [1.82, 2.24) is 14.4 Å². The number of rotatable bonds is 4. The van der Waals surface area contributed by atoms with Gasteiger partial charge < -0.3 is 14.4 Å². The maximum absolute atomic E-state index is 14.4. The van der Waals surface area contributed by atoms with Gasteiger partial charge in [0, 0.05) is 37.0 Å². The Morgan fingerprint density at radius 2 is 1.87 bits per heavy atom. The monoisotopic (exact) mass is 448 g/mol. The van der Waals surface area contributed by atoms with Crippen LogP contribution in [0.15, 0.2) is 35.5 Å². The number of methoxy groups -OCH3 is 1. The minimum absolute atomic E-state index is 0.0529. The topological polar surface area (TPSA) is 86.0 Å². The van der Waals surface area contributed by atoms with E-state index in [1.165, 1.54) is 19.4 Å². The average molecular weight is 449 g/mol. The van der Waals surface area contributed by atoms with Crippen LogP contribution in [0.5, 0.6) is 5.75 Å². The van der Waals surface area contributed by atoms with Crippen LogP contribution in [0.1, 0.15) is 20.8 Å². The second-order valence-corrected chi connectivity index (χ2v) is 11.0. The van der Waals surface area contributed by atoms with Crippen LogP contribution < -0.4 is 9.64 Å². The van der Waals surface area contributed by atoms with Gasteiger partial charge in [0.1, 0.15) is 22.1 Å². The lowest BCUT2D eigenvalue weighted by molar-refractivity contribution is 0.122. The summed E-state index contributed by atoms with van der Waals surface area (Å²) in [7, 11) is -2.28. The van der Waals surface area contributed by atoms with Crippen LogP contribution in [0.4, 0.5) is 10.2 Å². The molecule has 10 heteroatoms. The lowest BCUT2D eigenvalue weighted by Gasteiger charge is -2.28. The van der Waals surface area contributed by atoms with Crippen LogP contribution in [0, 0.1) is 5.95 Å². The average Bonchev–Trinajstić information content (AvgIpc) is 3.15. The summed E-state index contributed by atoms with van der Waals surface area (Å²) in [6, 6.07) is 4.66. The third-order valence-corrected chi connectivity index (χ3v) is 7.80. The number of imidazole rings is 1. The molecule has 4 rings (SSSR count). The van der Waals surface area contributed by atoms with Crippen LogP contribution in [0.2, 0.25) is 0 Å². The van der Waals surface area contributed by atoms with Gasteiger partial charge in [0.15, 0.2) is 9.84 Å². The van der Waals surface area contributed by atoms with Crippen LogP contribution in [-0.2, 0) is 14.6 Å². The van der Waals surface area contributed by atoms with Crippen LogP contribution >= 0.6 is 0 Å². The van der Waals surface area contributed by atoms with Crippen molar-refractivity contribution in [3.8, 4) is 17.0 Å². The van der Waals surface area contributed by atoms with Crippen molar-refractivity contribution in [2.45, 2.75) is 30.4 Å². The Bertz CT molecular complexity index is 1230. The predicted octanol–water partition coefficient (Wildman–Crippen LogP) is 2.95. The van der Waals surface area contributed by atoms with Crippen molar-refractivity contribution in [2.24, 2.45) is 0 Å². The largest absolute Gasteiger partial charge is 0.495 e. The fourth-order valence-corrected chi connectivity index (χ4v) is 4.79. The Morgan fingerprint density at radius 1 is 1.16 bits per heavy atom. The first-order valence-electron chi connectivity index (χ1n) is 9.92. The molecule has 0 saturated carbocycles. The van der Waals surface area contributed by atoms with E-state index in [-0.39, 0.29) is 10.6 Å². The maximum atomic E-state index is 14.4. The number of sulfone groups is 1. The molecule has 0 bridgehead atoms. The molecule has 1 fully saturated rings. The zero-order chi connectivity index (χ0) is 22.4. The molecule has 1 aliphatic heterocycles. The first-order chi connectivity index (χ1) is 14.6. The van der Waals surface area contributed by atoms with Crippen molar-refractivity contribution in [3.63, 3.8) is 0 Å². The van der Waals surface area contributed by atoms with Gasteiger partial charge in [-0.1, -0.05) is 0 Å². The molecular formula is C21H25FN4O4S. The summed E-state index contributed by atoms with van der Waals surface area (Å²) >= 11 is 0. The Labute approximate surface area is 180 Å². The van der Waals surface area contributed by atoms with Gasteiger partial charge in [-0.15, -0.1) is 0 Å². The molecule has 0 unspecified atom stereocenters. The quantitative estimate of drug-likeness (QED) is 0.567. The van der Waals surface area contributed by atoms with E-state index in [2.05, 4.69) is 9.97 Å². The molecule has 3 aromatic rings. The highest BCUT2D eigenvalue weighted by atomic mass is 32.2. The van der Waals surface area contributed by atoms with Crippen LogP contribution in [0.25, 0.3) is 16.9 Å². The lowest BCUT2D eigenvalue weighted by atomic mass is 10.2. The van der Waals surface area contributed by atoms with Crippen LogP contribution in [-0.4, -0.2) is 60.9 Å². The SMILES string of the molecule is COc1cc2ncc(-c3cc(F)nc(N4CCOCC4)c3)n2cc1S(=O)(=O)C(C)(C)C. The summed E-state index contributed by atoms with van der Waals surface area (Å²) in [5.41, 5.74) is 1.59. The van der Waals surface area contributed by atoms with E-state index in [4.69, 9.17) is 9.47 Å². The first-order valence-corrected chi connectivity index (χ1v) is 11.4. The van der Waals surface area contributed by atoms with Crippen molar-refractivity contribution in [3.05, 3.63) is 36.5 Å². The number of hydrogen-bond acceptors (Lipinski definition) is 7. The third kappa shape index (κ3) is 3.85. The molecule has 0 aromatic carbocycles. The molecule has 1 saturated heterocycles. The normalized spacial score (nSPS) is 15.5. The smallest absolute Gasteiger partial charge is 0.215 e. The molecular weight excluding hydrogens is 423 g/mol. The number of pyridine rings is 2. The number of hydrogen-bond donors (Lipinski definition) is 0. The molecule has 166 valence electrons. The van der Waals surface area contributed by atoms with Gasteiger partial charge in [0.25, 0.3) is 0 Å². The van der Waals surface area contributed by atoms with Crippen molar-refractivity contribution in [2.75, 3.05) is 38.3 Å². The van der Waals surface area contributed by atoms with E-state index in [0.717, 1.165) is 0 Å². The first kappa shape index (κ1) is 21.5. The summed E-state index contributed by atoms with van der Waals surface area (Å²) in [5, 5.41) is 0. The highest BCUT2D eigenvalue weighted by Crippen LogP contribution is 2.34. The number of nitrogens with zero attached hydrogens (tertiary/aromatic N) is 4. The van der Waals surface area contributed by atoms with Gasteiger partial charge in [-0.2, -0.15) is 4.39 Å². The molecule has 8 nitrogen and oxygen atoms in total. The number of anilines is 1.